The SMILES string of the molecule is Cc1cc(C)c(OCC(=O)OCC(=O)NC[C@H]2COc3ccccc3O2)c(C)c1. The standard InChI is InChI=1S/C22H25NO6/c1-14-8-15(2)22(16(3)9-14)28-13-21(25)27-12-20(24)23-10-17-11-26-18-6-4-5-7-19(18)29-17/h4-9,17H,10-13H2,1-3H3,(H,23,24)/t17-/m0/s1. The monoisotopic (exact) mass is 399 g/mol. The van der Waals surface area contributed by atoms with Crippen molar-refractivity contribution in [1.29, 1.82) is 0 Å². The van der Waals surface area contributed by atoms with Crippen molar-refractivity contribution in [1.82, 2.24) is 5.32 Å². The van der Waals surface area contributed by atoms with Crippen LogP contribution < -0.4 is 19.5 Å². The Labute approximate surface area is 169 Å². The summed E-state index contributed by atoms with van der Waals surface area (Å²) in [5, 5.41) is 2.67. The zero-order chi connectivity index (χ0) is 20.8. The van der Waals surface area contributed by atoms with Gasteiger partial charge < -0.3 is 24.3 Å². The minimum Gasteiger partial charge on any atom is -0.486 e. The normalized spacial score (nSPS) is 14.8. The number of hydrogen-bond donors (Lipinski definition) is 1. The Bertz CT molecular complexity index is 872. The number of aryl methyl sites for hydroxylation is 3. The summed E-state index contributed by atoms with van der Waals surface area (Å²) in [5.74, 6) is 0.965. The Hall–Kier alpha value is -3.22. The minimum absolute atomic E-state index is 0.253. The molecule has 0 bridgehead atoms. The van der Waals surface area contributed by atoms with E-state index in [4.69, 9.17) is 18.9 Å². The van der Waals surface area contributed by atoms with Crippen molar-refractivity contribution in [3.05, 3.63) is 53.1 Å². The number of carbonyl (C=O) groups excluding carboxylic acids is 2. The number of fused-ring (bicyclic) bond motifs is 1. The van der Waals surface area contributed by atoms with Gasteiger partial charge in [-0.15, -0.1) is 0 Å². The molecule has 0 fully saturated rings. The van der Waals surface area contributed by atoms with Crippen molar-refractivity contribution in [2.75, 3.05) is 26.4 Å². The Morgan fingerprint density at radius 3 is 2.48 bits per heavy atom. The predicted molar refractivity (Wildman–Crippen MR) is 106 cm³/mol. The third-order valence-corrected chi connectivity index (χ3v) is 4.40. The molecule has 1 amide bonds. The molecule has 1 atom stereocenters. The maximum Gasteiger partial charge on any atom is 0.344 e. The zero-order valence-electron chi connectivity index (χ0n) is 16.8. The average molecular weight is 399 g/mol. The van der Waals surface area contributed by atoms with Crippen LogP contribution in [0.1, 0.15) is 16.7 Å². The van der Waals surface area contributed by atoms with Gasteiger partial charge in [0, 0.05) is 0 Å². The van der Waals surface area contributed by atoms with Crippen LogP contribution in [0.15, 0.2) is 36.4 Å². The van der Waals surface area contributed by atoms with Gasteiger partial charge in [-0.25, -0.2) is 4.79 Å². The Balaban J connectivity index is 1.37. The van der Waals surface area contributed by atoms with Crippen LogP contribution in [0, 0.1) is 20.8 Å². The molecule has 0 aliphatic carbocycles. The Morgan fingerprint density at radius 1 is 1.07 bits per heavy atom. The molecule has 7 heteroatoms. The van der Waals surface area contributed by atoms with Crippen LogP contribution in [-0.4, -0.2) is 44.3 Å². The van der Waals surface area contributed by atoms with E-state index >= 15 is 0 Å². The van der Waals surface area contributed by atoms with Gasteiger partial charge in [0.1, 0.15) is 18.5 Å². The lowest BCUT2D eigenvalue weighted by Gasteiger charge is -2.26. The molecule has 154 valence electrons. The number of esters is 1. The fourth-order valence-corrected chi connectivity index (χ4v) is 3.16. The van der Waals surface area contributed by atoms with Gasteiger partial charge in [-0.3, -0.25) is 4.79 Å². The second-order valence-corrected chi connectivity index (χ2v) is 6.98. The van der Waals surface area contributed by atoms with Crippen LogP contribution in [0.4, 0.5) is 0 Å². The molecule has 0 saturated heterocycles. The topological polar surface area (TPSA) is 83.1 Å². The number of ether oxygens (including phenoxy) is 4. The summed E-state index contributed by atoms with van der Waals surface area (Å²) in [6.45, 7) is 5.79. The van der Waals surface area contributed by atoms with E-state index in [1.54, 1.807) is 0 Å². The fraction of sp³-hybridized carbons (Fsp3) is 0.364. The van der Waals surface area contributed by atoms with Gasteiger partial charge in [-0.1, -0.05) is 29.8 Å². The molecule has 0 spiro atoms. The molecule has 7 nitrogen and oxygen atoms in total. The predicted octanol–water partition coefficient (Wildman–Crippen LogP) is 2.49. The summed E-state index contributed by atoms with van der Waals surface area (Å²) in [7, 11) is 0. The number of rotatable bonds is 7. The maximum atomic E-state index is 11.9. The lowest BCUT2D eigenvalue weighted by atomic mass is 10.1. The molecule has 29 heavy (non-hydrogen) atoms. The number of para-hydroxylation sites is 2. The summed E-state index contributed by atoms with van der Waals surface area (Å²) in [6.07, 6.45) is -0.305. The van der Waals surface area contributed by atoms with E-state index in [9.17, 15) is 9.59 Å². The summed E-state index contributed by atoms with van der Waals surface area (Å²) in [6, 6.07) is 11.3. The molecule has 0 saturated carbocycles. The van der Waals surface area contributed by atoms with Crippen molar-refractivity contribution < 1.29 is 28.5 Å². The molecule has 1 aliphatic rings. The van der Waals surface area contributed by atoms with Gasteiger partial charge in [-0.05, 0) is 44.0 Å². The largest absolute Gasteiger partial charge is 0.486 e. The van der Waals surface area contributed by atoms with Crippen molar-refractivity contribution in [3.8, 4) is 17.2 Å². The van der Waals surface area contributed by atoms with Crippen LogP contribution in [0.2, 0.25) is 0 Å². The van der Waals surface area contributed by atoms with Crippen LogP contribution >= 0.6 is 0 Å². The molecule has 0 radical (unpaired) electrons. The lowest BCUT2D eigenvalue weighted by molar-refractivity contribution is -0.150. The third kappa shape index (κ3) is 5.63. The lowest BCUT2D eigenvalue weighted by Crippen LogP contribution is -2.42. The number of amides is 1. The van der Waals surface area contributed by atoms with Crippen molar-refractivity contribution >= 4 is 11.9 Å². The minimum atomic E-state index is -0.606. The highest BCUT2D eigenvalue weighted by molar-refractivity contribution is 5.80. The maximum absolute atomic E-state index is 11.9. The van der Waals surface area contributed by atoms with E-state index in [0.29, 0.717) is 23.9 Å². The first-order valence-electron chi connectivity index (χ1n) is 9.44. The van der Waals surface area contributed by atoms with Crippen molar-refractivity contribution in [2.24, 2.45) is 0 Å². The first-order chi connectivity index (χ1) is 13.9. The van der Waals surface area contributed by atoms with E-state index in [-0.39, 0.29) is 25.9 Å². The van der Waals surface area contributed by atoms with Crippen LogP contribution in [0.25, 0.3) is 0 Å². The van der Waals surface area contributed by atoms with Crippen LogP contribution in [-0.2, 0) is 14.3 Å². The number of carbonyl (C=O) groups is 2. The molecule has 2 aromatic carbocycles. The second-order valence-electron chi connectivity index (χ2n) is 6.98. The summed E-state index contributed by atoms with van der Waals surface area (Å²) >= 11 is 0. The summed E-state index contributed by atoms with van der Waals surface area (Å²) < 4.78 is 21.9. The van der Waals surface area contributed by atoms with E-state index in [0.717, 1.165) is 16.7 Å². The van der Waals surface area contributed by atoms with Crippen LogP contribution in [0.5, 0.6) is 17.2 Å². The molecule has 0 aromatic heterocycles. The van der Waals surface area contributed by atoms with Crippen molar-refractivity contribution in [2.45, 2.75) is 26.9 Å². The van der Waals surface area contributed by atoms with E-state index in [1.165, 1.54) is 0 Å². The first kappa shape index (κ1) is 20.5. The Kier molecular flexibility index (Phi) is 6.59. The Morgan fingerprint density at radius 2 is 1.76 bits per heavy atom. The fourth-order valence-electron chi connectivity index (χ4n) is 3.16. The molecular weight excluding hydrogens is 374 g/mol. The van der Waals surface area contributed by atoms with Gasteiger partial charge in [0.25, 0.3) is 5.91 Å². The molecule has 1 heterocycles. The molecule has 0 unspecified atom stereocenters. The smallest absolute Gasteiger partial charge is 0.344 e. The average Bonchev–Trinajstić information content (AvgIpc) is 2.69. The zero-order valence-corrected chi connectivity index (χ0v) is 16.8. The highest BCUT2D eigenvalue weighted by Crippen LogP contribution is 2.30. The van der Waals surface area contributed by atoms with E-state index in [1.807, 2.05) is 57.2 Å². The van der Waals surface area contributed by atoms with Gasteiger partial charge in [-0.2, -0.15) is 0 Å². The highest BCUT2D eigenvalue weighted by Gasteiger charge is 2.21. The summed E-state index contributed by atoms with van der Waals surface area (Å²) in [5.41, 5.74) is 3.02. The summed E-state index contributed by atoms with van der Waals surface area (Å²) in [4.78, 5) is 23.8. The highest BCUT2D eigenvalue weighted by atomic mass is 16.6. The quantitative estimate of drug-likeness (QED) is 0.721. The van der Waals surface area contributed by atoms with Gasteiger partial charge in [0.05, 0.1) is 6.54 Å². The van der Waals surface area contributed by atoms with Gasteiger partial charge >= 0.3 is 5.97 Å². The van der Waals surface area contributed by atoms with Gasteiger partial charge in [0.15, 0.2) is 24.7 Å². The first-order valence-corrected chi connectivity index (χ1v) is 9.44. The third-order valence-electron chi connectivity index (χ3n) is 4.40. The van der Waals surface area contributed by atoms with E-state index < -0.39 is 11.9 Å². The molecule has 1 aliphatic heterocycles. The second kappa shape index (κ2) is 9.32. The number of hydrogen-bond acceptors (Lipinski definition) is 6. The molecule has 2 aromatic rings. The van der Waals surface area contributed by atoms with Crippen LogP contribution in [0.3, 0.4) is 0 Å². The molecule has 1 N–H and O–H groups in total. The van der Waals surface area contributed by atoms with Gasteiger partial charge in [0.2, 0.25) is 0 Å². The van der Waals surface area contributed by atoms with Crippen molar-refractivity contribution in [3.63, 3.8) is 0 Å². The number of nitrogens with one attached hydrogen (secondary N) is 1. The molecule has 3 rings (SSSR count). The van der Waals surface area contributed by atoms with E-state index in [2.05, 4.69) is 5.32 Å². The molecular formula is C22H25NO6. The number of benzene rings is 2.